The molecular weight excluding hydrogens is 414 g/mol. The molecule has 31 heavy (non-hydrogen) atoms. The van der Waals surface area contributed by atoms with Crippen molar-refractivity contribution in [2.75, 3.05) is 38.0 Å². The highest BCUT2D eigenvalue weighted by Gasteiger charge is 2.22. The van der Waals surface area contributed by atoms with Crippen LogP contribution >= 0.6 is 11.6 Å². The lowest BCUT2D eigenvalue weighted by Gasteiger charge is -2.34. The zero-order valence-electron chi connectivity index (χ0n) is 18.4. The third-order valence-corrected chi connectivity index (χ3v) is 5.32. The van der Waals surface area contributed by atoms with Crippen molar-refractivity contribution < 1.29 is 14.3 Å². The van der Waals surface area contributed by atoms with Gasteiger partial charge in [0.15, 0.2) is 0 Å². The predicted octanol–water partition coefficient (Wildman–Crippen LogP) is 4.69. The summed E-state index contributed by atoms with van der Waals surface area (Å²) < 4.78 is 5.24. The lowest BCUT2D eigenvalue weighted by molar-refractivity contribution is 0.0630. The molecule has 0 unspecified atom stereocenters. The van der Waals surface area contributed by atoms with Gasteiger partial charge in [-0.05, 0) is 69.2 Å². The van der Waals surface area contributed by atoms with E-state index in [0.29, 0.717) is 24.3 Å². The third kappa shape index (κ3) is 7.26. The Morgan fingerprint density at radius 3 is 2.16 bits per heavy atom. The van der Waals surface area contributed by atoms with Gasteiger partial charge in [-0.1, -0.05) is 23.7 Å². The largest absolute Gasteiger partial charge is 0.444 e. The molecular formula is C24H30ClN3O3. The van der Waals surface area contributed by atoms with E-state index in [1.807, 2.05) is 37.8 Å². The molecule has 0 aromatic heterocycles. The minimum absolute atomic E-state index is 0.0150. The maximum Gasteiger partial charge on any atom is 0.412 e. The lowest BCUT2D eigenvalue weighted by Crippen LogP contribution is -2.49. The van der Waals surface area contributed by atoms with Gasteiger partial charge >= 0.3 is 6.09 Å². The molecule has 2 amide bonds. The number of piperazine rings is 1. The van der Waals surface area contributed by atoms with Gasteiger partial charge in [-0.25, -0.2) is 4.79 Å². The number of nitrogens with zero attached hydrogens (tertiary/aromatic N) is 2. The first-order chi connectivity index (χ1) is 14.7. The molecule has 2 aromatic carbocycles. The van der Waals surface area contributed by atoms with Crippen LogP contribution in [0.4, 0.5) is 10.5 Å². The van der Waals surface area contributed by atoms with Gasteiger partial charge in [0, 0.05) is 49.0 Å². The van der Waals surface area contributed by atoms with Crippen LogP contribution in [0.15, 0.2) is 48.5 Å². The summed E-state index contributed by atoms with van der Waals surface area (Å²) in [5.41, 5.74) is 1.92. The van der Waals surface area contributed by atoms with Crippen LogP contribution in [-0.4, -0.2) is 60.1 Å². The first-order valence-electron chi connectivity index (χ1n) is 10.6. The van der Waals surface area contributed by atoms with Gasteiger partial charge < -0.3 is 9.64 Å². The van der Waals surface area contributed by atoms with E-state index in [1.54, 1.807) is 24.3 Å². The standard InChI is InChI=1S/C24H30ClN3O3/c1-24(2,3)31-23(30)26-21-10-6-19(7-11-21)22(29)28-16-14-27(15-17-28)13-12-18-4-8-20(25)9-5-18/h4-11H,12-17H2,1-3H3,(H,26,30). The normalized spacial score (nSPS) is 14.9. The highest BCUT2D eigenvalue weighted by atomic mass is 35.5. The van der Waals surface area contributed by atoms with Crippen LogP contribution in [0.2, 0.25) is 5.02 Å². The second-order valence-corrected chi connectivity index (χ2v) is 9.15. The highest BCUT2D eigenvalue weighted by Crippen LogP contribution is 2.16. The second kappa shape index (κ2) is 10.2. The summed E-state index contributed by atoms with van der Waals surface area (Å²) in [7, 11) is 0. The average Bonchev–Trinajstić information content (AvgIpc) is 2.72. The van der Waals surface area contributed by atoms with E-state index in [2.05, 4.69) is 22.3 Å². The maximum absolute atomic E-state index is 12.8. The number of anilines is 1. The molecule has 0 radical (unpaired) electrons. The quantitative estimate of drug-likeness (QED) is 0.728. The summed E-state index contributed by atoms with van der Waals surface area (Å²) in [6, 6.07) is 14.9. The van der Waals surface area contributed by atoms with Crippen LogP contribution in [0, 0.1) is 0 Å². The molecule has 0 aliphatic carbocycles. The van der Waals surface area contributed by atoms with E-state index in [4.69, 9.17) is 16.3 Å². The van der Waals surface area contributed by atoms with Crippen molar-refractivity contribution in [1.82, 2.24) is 9.80 Å². The number of rotatable bonds is 5. The van der Waals surface area contributed by atoms with Gasteiger partial charge in [0.2, 0.25) is 0 Å². The zero-order valence-corrected chi connectivity index (χ0v) is 19.1. The lowest BCUT2D eigenvalue weighted by atomic mass is 10.1. The summed E-state index contributed by atoms with van der Waals surface area (Å²) in [5, 5.41) is 3.43. The number of amides is 2. The summed E-state index contributed by atoms with van der Waals surface area (Å²) in [5.74, 6) is 0.0150. The van der Waals surface area contributed by atoms with Crippen LogP contribution in [-0.2, 0) is 11.2 Å². The molecule has 1 aliphatic rings. The van der Waals surface area contributed by atoms with Gasteiger partial charge in [-0.15, -0.1) is 0 Å². The first kappa shape index (κ1) is 23.1. The van der Waals surface area contributed by atoms with Gasteiger partial charge in [-0.3, -0.25) is 15.0 Å². The Morgan fingerprint density at radius 2 is 1.58 bits per heavy atom. The predicted molar refractivity (Wildman–Crippen MR) is 124 cm³/mol. The van der Waals surface area contributed by atoms with Crippen molar-refractivity contribution in [3.05, 3.63) is 64.7 Å². The van der Waals surface area contributed by atoms with Gasteiger partial charge in [-0.2, -0.15) is 0 Å². The molecule has 3 rings (SSSR count). The Labute approximate surface area is 189 Å². The molecule has 0 bridgehead atoms. The fraction of sp³-hybridized carbons (Fsp3) is 0.417. The van der Waals surface area contributed by atoms with Crippen LogP contribution < -0.4 is 5.32 Å². The third-order valence-electron chi connectivity index (χ3n) is 5.07. The Bertz CT molecular complexity index is 884. The number of halogens is 1. The Morgan fingerprint density at radius 1 is 0.968 bits per heavy atom. The topological polar surface area (TPSA) is 61.9 Å². The Hall–Kier alpha value is -2.57. The monoisotopic (exact) mass is 443 g/mol. The summed E-state index contributed by atoms with van der Waals surface area (Å²) in [4.78, 5) is 29.0. The molecule has 1 heterocycles. The van der Waals surface area contributed by atoms with Crippen LogP contribution in [0.3, 0.4) is 0 Å². The molecule has 1 fully saturated rings. The molecule has 1 aliphatic heterocycles. The average molecular weight is 444 g/mol. The summed E-state index contributed by atoms with van der Waals surface area (Å²) in [6.07, 6.45) is 0.457. The molecule has 1 saturated heterocycles. The van der Waals surface area contributed by atoms with Crippen molar-refractivity contribution >= 4 is 29.3 Å². The van der Waals surface area contributed by atoms with Crippen molar-refractivity contribution in [3.8, 4) is 0 Å². The van der Waals surface area contributed by atoms with E-state index < -0.39 is 11.7 Å². The minimum Gasteiger partial charge on any atom is -0.444 e. The molecule has 1 N–H and O–H groups in total. The minimum atomic E-state index is -0.559. The molecule has 0 spiro atoms. The number of carbonyl (C=O) groups excluding carboxylic acids is 2. The van der Waals surface area contributed by atoms with E-state index >= 15 is 0 Å². The smallest absolute Gasteiger partial charge is 0.412 e. The Balaban J connectivity index is 1.45. The van der Waals surface area contributed by atoms with E-state index in [9.17, 15) is 9.59 Å². The van der Waals surface area contributed by atoms with Crippen LogP contribution in [0.1, 0.15) is 36.7 Å². The number of hydrogen-bond acceptors (Lipinski definition) is 4. The van der Waals surface area contributed by atoms with Gasteiger partial charge in [0.05, 0.1) is 0 Å². The molecule has 6 nitrogen and oxygen atoms in total. The van der Waals surface area contributed by atoms with Gasteiger partial charge in [0.25, 0.3) is 5.91 Å². The summed E-state index contributed by atoms with van der Waals surface area (Å²) >= 11 is 5.94. The fourth-order valence-corrected chi connectivity index (χ4v) is 3.54. The van der Waals surface area contributed by atoms with Crippen LogP contribution in [0.5, 0.6) is 0 Å². The molecule has 0 atom stereocenters. The summed E-state index contributed by atoms with van der Waals surface area (Å²) in [6.45, 7) is 9.53. The van der Waals surface area contributed by atoms with Gasteiger partial charge in [0.1, 0.15) is 5.60 Å². The van der Waals surface area contributed by atoms with Crippen molar-refractivity contribution in [3.63, 3.8) is 0 Å². The van der Waals surface area contributed by atoms with E-state index in [-0.39, 0.29) is 5.91 Å². The number of ether oxygens (including phenoxy) is 1. The number of nitrogens with one attached hydrogen (secondary N) is 1. The maximum atomic E-state index is 12.8. The van der Waals surface area contributed by atoms with Crippen molar-refractivity contribution in [2.45, 2.75) is 32.8 Å². The molecule has 7 heteroatoms. The number of hydrogen-bond donors (Lipinski definition) is 1. The molecule has 2 aromatic rings. The Kier molecular flexibility index (Phi) is 7.57. The van der Waals surface area contributed by atoms with Crippen LogP contribution in [0.25, 0.3) is 0 Å². The fourth-order valence-electron chi connectivity index (χ4n) is 3.41. The molecule has 166 valence electrons. The zero-order chi connectivity index (χ0) is 22.4. The molecule has 0 saturated carbocycles. The van der Waals surface area contributed by atoms with Crippen molar-refractivity contribution in [2.24, 2.45) is 0 Å². The number of carbonyl (C=O) groups is 2. The first-order valence-corrected chi connectivity index (χ1v) is 10.9. The van der Waals surface area contributed by atoms with Crippen molar-refractivity contribution in [1.29, 1.82) is 0 Å². The second-order valence-electron chi connectivity index (χ2n) is 8.71. The highest BCUT2D eigenvalue weighted by molar-refractivity contribution is 6.30. The SMILES string of the molecule is CC(C)(C)OC(=O)Nc1ccc(C(=O)N2CCN(CCc3ccc(Cl)cc3)CC2)cc1. The number of benzene rings is 2. The van der Waals surface area contributed by atoms with E-state index in [1.165, 1.54) is 5.56 Å². The van der Waals surface area contributed by atoms with E-state index in [0.717, 1.165) is 31.1 Å².